The van der Waals surface area contributed by atoms with Crippen molar-refractivity contribution in [3.8, 4) is 0 Å². The van der Waals surface area contributed by atoms with Crippen LogP contribution in [0.3, 0.4) is 0 Å². The van der Waals surface area contributed by atoms with Gasteiger partial charge < -0.3 is 9.84 Å². The van der Waals surface area contributed by atoms with Crippen LogP contribution in [0.2, 0.25) is 0 Å². The Kier molecular flexibility index (Phi) is 4.72. The molecule has 0 aliphatic heterocycles. The molecule has 0 heterocycles. The fourth-order valence-corrected chi connectivity index (χ4v) is 1.70. The summed E-state index contributed by atoms with van der Waals surface area (Å²) in [6.45, 7) is 0. The molecule has 100 valence electrons. The maximum Gasteiger partial charge on any atom is 0.418 e. The Labute approximate surface area is 102 Å². The number of benzene rings is 1. The number of carbonyl (C=O) groups is 1. The van der Waals surface area contributed by atoms with Crippen LogP contribution in [0.5, 0.6) is 0 Å². The van der Waals surface area contributed by atoms with Gasteiger partial charge in [-0.05, 0) is 17.5 Å². The van der Waals surface area contributed by atoms with E-state index < -0.39 is 18.2 Å². The zero-order chi connectivity index (χ0) is 13.8. The maximum absolute atomic E-state index is 12.7. The number of halogens is 3. The molecule has 0 fully saturated rings. The highest BCUT2D eigenvalue weighted by molar-refractivity contribution is 5.67. The minimum absolute atomic E-state index is 0.0336. The van der Waals surface area contributed by atoms with Gasteiger partial charge in [-0.25, -0.2) is 0 Å². The van der Waals surface area contributed by atoms with E-state index in [1.807, 2.05) is 0 Å². The molecule has 1 unspecified atom stereocenters. The Morgan fingerprint density at radius 1 is 1.39 bits per heavy atom. The number of aryl methyl sites for hydroxylation is 1. The van der Waals surface area contributed by atoms with Crippen molar-refractivity contribution in [3.63, 3.8) is 0 Å². The SMILES string of the molecule is COC(c1ccccc1CCC(=O)O)C(F)(F)F. The largest absolute Gasteiger partial charge is 0.481 e. The number of rotatable bonds is 5. The maximum atomic E-state index is 12.7. The van der Waals surface area contributed by atoms with Crippen LogP contribution in [0.4, 0.5) is 13.2 Å². The molecule has 1 N–H and O–H groups in total. The Hall–Kier alpha value is -1.56. The Balaban J connectivity index is 3.03. The van der Waals surface area contributed by atoms with Gasteiger partial charge in [0.05, 0.1) is 0 Å². The Morgan fingerprint density at radius 3 is 2.50 bits per heavy atom. The quantitative estimate of drug-likeness (QED) is 0.887. The molecule has 6 heteroatoms. The van der Waals surface area contributed by atoms with E-state index in [-0.39, 0.29) is 18.4 Å². The van der Waals surface area contributed by atoms with Crippen molar-refractivity contribution >= 4 is 5.97 Å². The topological polar surface area (TPSA) is 46.5 Å². The molecule has 0 saturated heterocycles. The van der Waals surface area contributed by atoms with E-state index in [2.05, 4.69) is 4.74 Å². The van der Waals surface area contributed by atoms with E-state index in [9.17, 15) is 18.0 Å². The number of alkyl halides is 3. The van der Waals surface area contributed by atoms with Gasteiger partial charge in [0, 0.05) is 13.5 Å². The number of aliphatic carboxylic acids is 1. The minimum atomic E-state index is -4.52. The van der Waals surface area contributed by atoms with Crippen LogP contribution >= 0.6 is 0 Å². The molecular weight excluding hydrogens is 249 g/mol. The summed E-state index contributed by atoms with van der Waals surface area (Å²) in [5, 5.41) is 8.57. The van der Waals surface area contributed by atoms with E-state index in [4.69, 9.17) is 5.11 Å². The number of ether oxygens (including phenoxy) is 1. The number of carboxylic acid groups (broad SMARTS) is 1. The first-order chi connectivity index (χ1) is 8.36. The average Bonchev–Trinajstić information content (AvgIpc) is 2.26. The van der Waals surface area contributed by atoms with E-state index in [0.717, 1.165) is 7.11 Å². The summed E-state index contributed by atoms with van der Waals surface area (Å²) >= 11 is 0. The number of methoxy groups -OCH3 is 1. The zero-order valence-electron chi connectivity index (χ0n) is 9.70. The lowest BCUT2D eigenvalue weighted by Gasteiger charge is -2.21. The molecule has 0 saturated carbocycles. The average molecular weight is 262 g/mol. The third-order valence-corrected chi connectivity index (χ3v) is 2.48. The van der Waals surface area contributed by atoms with Crippen molar-refractivity contribution in [2.45, 2.75) is 25.1 Å². The predicted molar refractivity (Wildman–Crippen MR) is 58.2 cm³/mol. The lowest BCUT2D eigenvalue weighted by Crippen LogP contribution is -2.23. The van der Waals surface area contributed by atoms with E-state index >= 15 is 0 Å². The van der Waals surface area contributed by atoms with Crippen LogP contribution in [0.15, 0.2) is 24.3 Å². The fraction of sp³-hybridized carbons (Fsp3) is 0.417. The summed E-state index contributed by atoms with van der Waals surface area (Å²) in [5.41, 5.74) is 0.304. The monoisotopic (exact) mass is 262 g/mol. The normalized spacial score (nSPS) is 13.3. The fourth-order valence-electron chi connectivity index (χ4n) is 1.70. The summed E-state index contributed by atoms with van der Waals surface area (Å²) in [6, 6.07) is 5.83. The van der Waals surface area contributed by atoms with Crippen LogP contribution < -0.4 is 0 Å². The highest BCUT2D eigenvalue weighted by Gasteiger charge is 2.42. The zero-order valence-corrected chi connectivity index (χ0v) is 9.70. The standard InChI is InChI=1S/C12H13F3O3/c1-18-11(12(13,14)15)9-5-3-2-4-8(9)6-7-10(16)17/h2-5,11H,6-7H2,1H3,(H,16,17). The summed E-state index contributed by atoms with van der Waals surface area (Å²) in [4.78, 5) is 10.5. The third kappa shape index (κ3) is 3.73. The first-order valence-electron chi connectivity index (χ1n) is 5.25. The van der Waals surface area contributed by atoms with Gasteiger partial charge >= 0.3 is 12.1 Å². The second-order valence-corrected chi connectivity index (χ2v) is 3.75. The summed E-state index contributed by atoms with van der Waals surface area (Å²) in [7, 11) is 0.978. The lowest BCUT2D eigenvalue weighted by molar-refractivity contribution is -0.216. The van der Waals surface area contributed by atoms with Gasteiger partial charge in [-0.15, -0.1) is 0 Å². The van der Waals surface area contributed by atoms with Crippen molar-refractivity contribution < 1.29 is 27.8 Å². The molecule has 3 nitrogen and oxygen atoms in total. The van der Waals surface area contributed by atoms with Crippen LogP contribution in [0, 0.1) is 0 Å². The van der Waals surface area contributed by atoms with Gasteiger partial charge in [0.1, 0.15) is 0 Å². The molecule has 1 rings (SSSR count). The molecular formula is C12H13F3O3. The van der Waals surface area contributed by atoms with E-state index in [0.29, 0.717) is 5.56 Å². The van der Waals surface area contributed by atoms with Crippen molar-refractivity contribution in [1.29, 1.82) is 0 Å². The molecule has 1 aromatic carbocycles. The number of hydrogen-bond donors (Lipinski definition) is 1. The van der Waals surface area contributed by atoms with E-state index in [1.165, 1.54) is 18.2 Å². The number of hydrogen-bond acceptors (Lipinski definition) is 2. The second kappa shape index (κ2) is 5.86. The molecule has 0 aliphatic carbocycles. The van der Waals surface area contributed by atoms with Gasteiger partial charge in [-0.2, -0.15) is 13.2 Å². The van der Waals surface area contributed by atoms with Gasteiger partial charge in [-0.1, -0.05) is 24.3 Å². The Morgan fingerprint density at radius 2 is 2.00 bits per heavy atom. The van der Waals surface area contributed by atoms with Gasteiger partial charge in [0.25, 0.3) is 0 Å². The molecule has 0 aliphatic rings. The molecule has 0 spiro atoms. The van der Waals surface area contributed by atoms with Gasteiger partial charge in [0.2, 0.25) is 0 Å². The van der Waals surface area contributed by atoms with Crippen LogP contribution in [-0.4, -0.2) is 24.4 Å². The highest BCUT2D eigenvalue weighted by Crippen LogP contribution is 2.37. The van der Waals surface area contributed by atoms with Gasteiger partial charge in [-0.3, -0.25) is 4.79 Å². The molecule has 0 radical (unpaired) electrons. The second-order valence-electron chi connectivity index (χ2n) is 3.75. The molecule has 1 atom stereocenters. The molecule has 0 aromatic heterocycles. The van der Waals surface area contributed by atoms with Crippen molar-refractivity contribution in [3.05, 3.63) is 35.4 Å². The summed E-state index contributed by atoms with van der Waals surface area (Å²) in [6.07, 6.45) is -6.72. The van der Waals surface area contributed by atoms with E-state index in [1.54, 1.807) is 6.07 Å². The first-order valence-corrected chi connectivity index (χ1v) is 5.25. The first kappa shape index (κ1) is 14.5. The highest BCUT2D eigenvalue weighted by atomic mass is 19.4. The smallest absolute Gasteiger partial charge is 0.418 e. The van der Waals surface area contributed by atoms with Gasteiger partial charge in [0.15, 0.2) is 6.10 Å². The van der Waals surface area contributed by atoms with Crippen LogP contribution in [-0.2, 0) is 16.0 Å². The molecule has 0 bridgehead atoms. The molecule has 1 aromatic rings. The summed E-state index contributed by atoms with van der Waals surface area (Å²) in [5.74, 6) is -1.05. The van der Waals surface area contributed by atoms with Crippen molar-refractivity contribution in [1.82, 2.24) is 0 Å². The third-order valence-electron chi connectivity index (χ3n) is 2.48. The summed E-state index contributed by atoms with van der Waals surface area (Å²) < 4.78 is 42.7. The molecule has 0 amide bonds. The van der Waals surface area contributed by atoms with Crippen LogP contribution in [0.1, 0.15) is 23.7 Å². The molecule has 18 heavy (non-hydrogen) atoms. The minimum Gasteiger partial charge on any atom is -0.481 e. The van der Waals surface area contributed by atoms with Crippen LogP contribution in [0.25, 0.3) is 0 Å². The van der Waals surface area contributed by atoms with Crippen molar-refractivity contribution in [2.24, 2.45) is 0 Å². The number of carboxylic acids is 1. The lowest BCUT2D eigenvalue weighted by atomic mass is 9.98. The predicted octanol–water partition coefficient (Wildman–Crippen LogP) is 2.95. The Bertz CT molecular complexity index is 415. The van der Waals surface area contributed by atoms with Crippen molar-refractivity contribution in [2.75, 3.05) is 7.11 Å².